The van der Waals surface area contributed by atoms with Gasteiger partial charge in [-0.1, -0.05) is 20.8 Å². The van der Waals surface area contributed by atoms with Gasteiger partial charge in [-0.3, -0.25) is 9.59 Å². The fourth-order valence-corrected chi connectivity index (χ4v) is 1.95. The number of carbonyl (C=O) groups excluding carboxylic acids is 2. The first-order chi connectivity index (χ1) is 7.60. The Kier molecular flexibility index (Phi) is 5.88. The van der Waals surface area contributed by atoms with Gasteiger partial charge in [0.15, 0.2) is 0 Å². The molecule has 0 aliphatic carbocycles. The average Bonchev–Trinajstić information content (AvgIpc) is 2.14. The number of esters is 1. The van der Waals surface area contributed by atoms with Gasteiger partial charge < -0.3 is 9.16 Å². The van der Waals surface area contributed by atoms with Crippen LogP contribution in [0.2, 0.25) is 18.1 Å². The first kappa shape index (κ1) is 16.2. The third-order valence-corrected chi connectivity index (χ3v) is 7.52. The Labute approximate surface area is 105 Å². The lowest BCUT2D eigenvalue weighted by atomic mass is 10.2. The van der Waals surface area contributed by atoms with Crippen molar-refractivity contribution in [3.63, 3.8) is 0 Å². The molecule has 4 nitrogen and oxygen atoms in total. The zero-order valence-corrected chi connectivity index (χ0v) is 12.8. The van der Waals surface area contributed by atoms with Crippen LogP contribution < -0.4 is 0 Å². The van der Waals surface area contributed by atoms with E-state index in [1.807, 2.05) is 13.1 Å². The number of hydrogen-bond donors (Lipinski definition) is 0. The number of methoxy groups -OCH3 is 1. The van der Waals surface area contributed by atoms with Gasteiger partial charge in [-0.05, 0) is 24.6 Å². The van der Waals surface area contributed by atoms with Gasteiger partial charge in [-0.15, -0.1) is 0 Å². The summed E-state index contributed by atoms with van der Waals surface area (Å²) in [5.74, 6) is -0.495. The highest BCUT2D eigenvalue weighted by Gasteiger charge is 2.40. The van der Waals surface area contributed by atoms with Crippen LogP contribution in [0.4, 0.5) is 0 Å². The Morgan fingerprint density at radius 2 is 1.53 bits per heavy atom. The molecule has 0 amide bonds. The Hall–Kier alpha value is -0.843. The van der Waals surface area contributed by atoms with E-state index >= 15 is 0 Å². The van der Waals surface area contributed by atoms with Crippen molar-refractivity contribution in [1.82, 2.24) is 0 Å². The molecule has 17 heavy (non-hydrogen) atoms. The van der Waals surface area contributed by atoms with Crippen molar-refractivity contribution in [2.75, 3.05) is 7.11 Å². The van der Waals surface area contributed by atoms with Crippen LogP contribution in [-0.2, 0) is 18.8 Å². The second-order valence-corrected chi connectivity index (χ2v) is 10.4. The largest absolute Gasteiger partial charge is 0.519 e. The van der Waals surface area contributed by atoms with E-state index < -0.39 is 8.32 Å². The standard InChI is InChI=1S/C12H24O4Si/c1-12(2,3)17(5,6)16-11(14)9-7-8-10(13)15-4/h7-9H2,1-6H3. The molecule has 100 valence electrons. The molecule has 0 rings (SSSR count). The van der Waals surface area contributed by atoms with Gasteiger partial charge in [-0.2, -0.15) is 0 Å². The summed E-state index contributed by atoms with van der Waals surface area (Å²) in [6.45, 7) is 10.3. The van der Waals surface area contributed by atoms with Crippen molar-refractivity contribution >= 4 is 20.3 Å². The predicted octanol–water partition coefficient (Wildman–Crippen LogP) is 2.88. The van der Waals surface area contributed by atoms with E-state index in [0.29, 0.717) is 6.42 Å². The normalized spacial score (nSPS) is 12.1. The molecule has 0 atom stereocenters. The minimum atomic E-state index is -2.02. The molecular formula is C12H24O4Si. The van der Waals surface area contributed by atoms with Crippen LogP contribution >= 0.6 is 0 Å². The van der Waals surface area contributed by atoms with E-state index in [0.717, 1.165) is 0 Å². The van der Waals surface area contributed by atoms with Crippen LogP contribution in [0.25, 0.3) is 0 Å². The molecule has 0 aliphatic heterocycles. The topological polar surface area (TPSA) is 52.6 Å². The molecule has 0 radical (unpaired) electrons. The summed E-state index contributed by atoms with van der Waals surface area (Å²) >= 11 is 0. The lowest BCUT2D eigenvalue weighted by molar-refractivity contribution is -0.141. The quantitative estimate of drug-likeness (QED) is 0.563. The highest BCUT2D eigenvalue weighted by Crippen LogP contribution is 2.36. The average molecular weight is 260 g/mol. The molecule has 0 aromatic rings. The van der Waals surface area contributed by atoms with E-state index in [9.17, 15) is 9.59 Å². The molecule has 0 aliphatic rings. The van der Waals surface area contributed by atoms with Gasteiger partial charge in [0.25, 0.3) is 14.3 Å². The van der Waals surface area contributed by atoms with Crippen molar-refractivity contribution in [3.05, 3.63) is 0 Å². The van der Waals surface area contributed by atoms with Crippen LogP contribution in [0.15, 0.2) is 0 Å². The Morgan fingerprint density at radius 1 is 1.06 bits per heavy atom. The Bertz CT molecular complexity index is 279. The maximum atomic E-state index is 11.6. The maximum absolute atomic E-state index is 11.6. The Morgan fingerprint density at radius 3 is 1.94 bits per heavy atom. The first-order valence-electron chi connectivity index (χ1n) is 5.89. The van der Waals surface area contributed by atoms with E-state index in [1.165, 1.54) is 7.11 Å². The molecule has 0 unspecified atom stereocenters. The summed E-state index contributed by atoms with van der Waals surface area (Å²) in [4.78, 5) is 22.5. The van der Waals surface area contributed by atoms with E-state index in [-0.39, 0.29) is 29.8 Å². The summed E-state index contributed by atoms with van der Waals surface area (Å²) in [5.41, 5.74) is 0. The molecule has 0 N–H and O–H groups in total. The van der Waals surface area contributed by atoms with Gasteiger partial charge in [0.2, 0.25) is 0 Å². The summed E-state index contributed by atoms with van der Waals surface area (Å²) < 4.78 is 10.1. The van der Waals surface area contributed by atoms with Crippen LogP contribution in [0.5, 0.6) is 0 Å². The predicted molar refractivity (Wildman–Crippen MR) is 69.2 cm³/mol. The zero-order valence-electron chi connectivity index (χ0n) is 11.8. The first-order valence-corrected chi connectivity index (χ1v) is 8.79. The summed E-state index contributed by atoms with van der Waals surface area (Å²) in [5, 5.41) is 0.0189. The minimum Gasteiger partial charge on any atom is -0.519 e. The lowest BCUT2D eigenvalue weighted by Gasteiger charge is -2.35. The number of rotatable bonds is 5. The molecule has 0 heterocycles. The summed E-state index contributed by atoms with van der Waals surface area (Å²) in [6.07, 6.45) is 1.03. The highest BCUT2D eigenvalue weighted by atomic mass is 28.4. The number of hydrogen-bond acceptors (Lipinski definition) is 4. The van der Waals surface area contributed by atoms with Crippen LogP contribution in [0, 0.1) is 0 Å². The van der Waals surface area contributed by atoms with Gasteiger partial charge in [-0.25, -0.2) is 0 Å². The van der Waals surface area contributed by atoms with Gasteiger partial charge in [0.05, 0.1) is 7.11 Å². The van der Waals surface area contributed by atoms with Crippen molar-refractivity contribution < 1.29 is 18.8 Å². The van der Waals surface area contributed by atoms with Crippen molar-refractivity contribution in [2.45, 2.75) is 58.2 Å². The SMILES string of the molecule is COC(=O)CCCC(=O)O[Si](C)(C)C(C)(C)C. The fourth-order valence-electron chi connectivity index (χ4n) is 0.968. The number of ether oxygens (including phenoxy) is 1. The lowest BCUT2D eigenvalue weighted by Crippen LogP contribution is -2.42. The molecule has 0 bridgehead atoms. The second-order valence-electron chi connectivity index (χ2n) is 5.66. The Balaban J connectivity index is 4.07. The van der Waals surface area contributed by atoms with Crippen LogP contribution in [0.1, 0.15) is 40.0 Å². The molecule has 0 saturated carbocycles. The molecule has 5 heteroatoms. The summed E-state index contributed by atoms with van der Waals surface area (Å²) in [7, 11) is -0.676. The fraction of sp³-hybridized carbons (Fsp3) is 0.833. The third-order valence-electron chi connectivity index (χ3n) is 3.16. The van der Waals surface area contributed by atoms with Gasteiger partial charge in [0.1, 0.15) is 0 Å². The number of carbonyl (C=O) groups is 2. The van der Waals surface area contributed by atoms with E-state index in [1.54, 1.807) is 0 Å². The molecule has 0 spiro atoms. The molecule has 0 aromatic carbocycles. The van der Waals surface area contributed by atoms with Crippen LogP contribution in [0.3, 0.4) is 0 Å². The smallest absolute Gasteiger partial charge is 0.305 e. The monoisotopic (exact) mass is 260 g/mol. The molecule has 0 aromatic heterocycles. The van der Waals surface area contributed by atoms with Crippen molar-refractivity contribution in [2.24, 2.45) is 0 Å². The molecule has 0 saturated heterocycles. The second kappa shape index (κ2) is 6.19. The minimum absolute atomic E-state index is 0.0189. The summed E-state index contributed by atoms with van der Waals surface area (Å²) in [6, 6.07) is 0. The van der Waals surface area contributed by atoms with Gasteiger partial charge in [0, 0.05) is 12.8 Å². The maximum Gasteiger partial charge on any atom is 0.305 e. The van der Waals surface area contributed by atoms with Crippen molar-refractivity contribution in [1.29, 1.82) is 0 Å². The molecule has 0 fully saturated rings. The van der Waals surface area contributed by atoms with Crippen LogP contribution in [-0.4, -0.2) is 27.4 Å². The zero-order chi connectivity index (χ0) is 13.7. The van der Waals surface area contributed by atoms with Crippen molar-refractivity contribution in [3.8, 4) is 0 Å². The van der Waals surface area contributed by atoms with Gasteiger partial charge >= 0.3 is 5.97 Å². The van der Waals surface area contributed by atoms with E-state index in [4.69, 9.17) is 4.43 Å². The third kappa shape index (κ3) is 5.86. The van der Waals surface area contributed by atoms with E-state index in [2.05, 4.69) is 25.5 Å². The molecular weight excluding hydrogens is 236 g/mol. The highest BCUT2D eigenvalue weighted by molar-refractivity contribution is 6.75.